The Morgan fingerprint density at radius 1 is 0.972 bits per heavy atom. The molecule has 0 saturated carbocycles. The van der Waals surface area contributed by atoms with Crippen molar-refractivity contribution >= 4 is 60.8 Å². The van der Waals surface area contributed by atoms with Gasteiger partial charge < -0.3 is 14.8 Å². The highest BCUT2D eigenvalue weighted by molar-refractivity contribution is 9.10. The van der Waals surface area contributed by atoms with Gasteiger partial charge in [-0.3, -0.25) is 9.10 Å². The minimum absolute atomic E-state index is 0.0224. The predicted molar refractivity (Wildman–Crippen MR) is 142 cm³/mol. The second-order valence-electron chi connectivity index (χ2n) is 7.36. The van der Waals surface area contributed by atoms with E-state index in [2.05, 4.69) is 21.2 Å². The molecule has 3 aromatic carbocycles. The third kappa shape index (κ3) is 6.77. The molecule has 3 aromatic rings. The van der Waals surface area contributed by atoms with Crippen LogP contribution in [0.15, 0.2) is 76.1 Å². The van der Waals surface area contributed by atoms with E-state index < -0.39 is 28.4 Å². The number of carbonyl (C=O) groups excluding carboxylic acids is 2. The van der Waals surface area contributed by atoms with Crippen molar-refractivity contribution in [2.45, 2.75) is 18.7 Å². The van der Waals surface area contributed by atoms with Crippen LogP contribution >= 0.6 is 27.5 Å². The van der Waals surface area contributed by atoms with Crippen molar-refractivity contribution in [3.8, 4) is 5.75 Å². The number of amides is 1. The largest absolute Gasteiger partial charge is 0.494 e. The van der Waals surface area contributed by atoms with Gasteiger partial charge in [0.1, 0.15) is 12.3 Å². The fourth-order valence-corrected chi connectivity index (χ4v) is 5.17. The third-order valence-corrected chi connectivity index (χ3v) is 7.50. The second-order valence-corrected chi connectivity index (χ2v) is 10.5. The minimum Gasteiger partial charge on any atom is -0.494 e. The highest BCUT2D eigenvalue weighted by Gasteiger charge is 2.27. The number of nitrogens with zero attached hydrogens (tertiary/aromatic N) is 1. The number of hydrogen-bond donors (Lipinski definition) is 1. The van der Waals surface area contributed by atoms with Gasteiger partial charge in [0.05, 0.1) is 34.4 Å². The van der Waals surface area contributed by atoms with Crippen LogP contribution in [0.1, 0.15) is 24.2 Å². The summed E-state index contributed by atoms with van der Waals surface area (Å²) < 4.78 is 39.1. The second kappa shape index (κ2) is 12.2. The van der Waals surface area contributed by atoms with Gasteiger partial charge in [0, 0.05) is 10.2 Å². The van der Waals surface area contributed by atoms with Gasteiger partial charge in [0.15, 0.2) is 0 Å². The maximum atomic E-state index is 13.5. The topological polar surface area (TPSA) is 102 Å². The van der Waals surface area contributed by atoms with Crippen molar-refractivity contribution < 1.29 is 27.5 Å². The molecule has 0 fully saturated rings. The van der Waals surface area contributed by atoms with Gasteiger partial charge in [-0.1, -0.05) is 27.5 Å². The molecule has 0 aliphatic rings. The number of halogens is 2. The zero-order chi connectivity index (χ0) is 26.3. The van der Waals surface area contributed by atoms with Crippen LogP contribution in [0.4, 0.5) is 11.4 Å². The van der Waals surface area contributed by atoms with Crippen molar-refractivity contribution in [2.75, 3.05) is 29.4 Å². The molecular formula is C25H24BrClN2O6S. The molecule has 0 saturated heterocycles. The molecular weight excluding hydrogens is 572 g/mol. The van der Waals surface area contributed by atoms with E-state index in [4.69, 9.17) is 21.1 Å². The molecule has 0 bridgehead atoms. The van der Waals surface area contributed by atoms with E-state index >= 15 is 0 Å². The molecule has 11 heteroatoms. The summed E-state index contributed by atoms with van der Waals surface area (Å²) >= 11 is 9.47. The smallest absolute Gasteiger partial charge is 0.339 e. The standard InChI is InChI=1S/C25H24BrClN2O6S/c1-3-34-20-10-8-19(9-11-20)29(36(32,33)21-12-5-17(26)6-13-21)16-24(30)28-18-7-14-22(23(27)15-18)25(31)35-4-2/h5-15H,3-4,16H2,1-2H3,(H,28,30). The Kier molecular flexibility index (Phi) is 9.36. The monoisotopic (exact) mass is 594 g/mol. The lowest BCUT2D eigenvalue weighted by Gasteiger charge is -2.24. The van der Waals surface area contributed by atoms with Crippen LogP contribution in [0.3, 0.4) is 0 Å². The van der Waals surface area contributed by atoms with E-state index in [0.717, 1.165) is 8.78 Å². The van der Waals surface area contributed by atoms with E-state index in [9.17, 15) is 18.0 Å². The van der Waals surface area contributed by atoms with Gasteiger partial charge in [-0.15, -0.1) is 0 Å². The van der Waals surface area contributed by atoms with Crippen LogP contribution in [0.2, 0.25) is 5.02 Å². The van der Waals surface area contributed by atoms with Crippen molar-refractivity contribution in [3.63, 3.8) is 0 Å². The number of benzene rings is 3. The zero-order valence-electron chi connectivity index (χ0n) is 19.5. The Morgan fingerprint density at radius 2 is 1.64 bits per heavy atom. The molecule has 0 aliphatic carbocycles. The van der Waals surface area contributed by atoms with Crippen LogP contribution in [0.5, 0.6) is 5.75 Å². The minimum atomic E-state index is -4.09. The lowest BCUT2D eigenvalue weighted by Crippen LogP contribution is -2.38. The lowest BCUT2D eigenvalue weighted by atomic mass is 10.2. The number of sulfonamides is 1. The normalized spacial score (nSPS) is 11.0. The zero-order valence-corrected chi connectivity index (χ0v) is 22.7. The fraction of sp³-hybridized carbons (Fsp3) is 0.200. The molecule has 0 aliphatic heterocycles. The number of rotatable bonds is 10. The average Bonchev–Trinajstić information content (AvgIpc) is 2.84. The Morgan fingerprint density at radius 3 is 2.22 bits per heavy atom. The van der Waals surface area contributed by atoms with Crippen LogP contribution in [-0.2, 0) is 19.6 Å². The van der Waals surface area contributed by atoms with E-state index in [1.807, 2.05) is 6.92 Å². The summed E-state index contributed by atoms with van der Waals surface area (Å²) in [5, 5.41) is 2.73. The maximum absolute atomic E-state index is 13.5. The Labute approximate surface area is 223 Å². The van der Waals surface area contributed by atoms with Gasteiger partial charge in [0.25, 0.3) is 10.0 Å². The Balaban J connectivity index is 1.88. The van der Waals surface area contributed by atoms with Crippen molar-refractivity contribution in [3.05, 3.63) is 81.8 Å². The predicted octanol–water partition coefficient (Wildman–Crippen LogP) is 5.51. The Hall–Kier alpha value is -3.08. The number of nitrogens with one attached hydrogen (secondary N) is 1. The molecule has 0 aromatic heterocycles. The first-order valence-corrected chi connectivity index (χ1v) is 13.5. The summed E-state index contributed by atoms with van der Waals surface area (Å²) in [5.74, 6) is -0.616. The highest BCUT2D eigenvalue weighted by atomic mass is 79.9. The number of esters is 1. The molecule has 0 radical (unpaired) electrons. The van der Waals surface area contributed by atoms with Crippen molar-refractivity contribution in [1.82, 2.24) is 0 Å². The molecule has 0 unspecified atom stereocenters. The third-order valence-electron chi connectivity index (χ3n) is 4.87. The molecule has 0 spiro atoms. The van der Waals surface area contributed by atoms with Crippen molar-refractivity contribution in [2.24, 2.45) is 0 Å². The number of carbonyl (C=O) groups is 2. The lowest BCUT2D eigenvalue weighted by molar-refractivity contribution is -0.114. The van der Waals surface area contributed by atoms with Crippen LogP contribution in [-0.4, -0.2) is 40.1 Å². The van der Waals surface area contributed by atoms with E-state index in [1.54, 1.807) is 43.3 Å². The summed E-state index contributed by atoms with van der Waals surface area (Å²) in [7, 11) is -4.09. The fourth-order valence-electron chi connectivity index (χ4n) is 3.22. The molecule has 1 N–H and O–H groups in total. The summed E-state index contributed by atoms with van der Waals surface area (Å²) in [6.07, 6.45) is 0. The van der Waals surface area contributed by atoms with E-state index in [0.29, 0.717) is 18.0 Å². The highest BCUT2D eigenvalue weighted by Crippen LogP contribution is 2.27. The number of anilines is 2. The Bertz CT molecular complexity index is 1330. The van der Waals surface area contributed by atoms with E-state index in [-0.39, 0.29) is 27.8 Å². The van der Waals surface area contributed by atoms with Gasteiger partial charge in [0.2, 0.25) is 5.91 Å². The molecule has 1 amide bonds. The van der Waals surface area contributed by atoms with Gasteiger partial charge in [-0.2, -0.15) is 0 Å². The summed E-state index contributed by atoms with van der Waals surface area (Å²) in [6.45, 7) is 3.67. The molecule has 3 rings (SSSR count). The van der Waals surface area contributed by atoms with Gasteiger partial charge in [-0.05, 0) is 80.6 Å². The van der Waals surface area contributed by atoms with Gasteiger partial charge >= 0.3 is 5.97 Å². The van der Waals surface area contributed by atoms with E-state index in [1.165, 1.54) is 30.3 Å². The first-order valence-electron chi connectivity index (χ1n) is 10.9. The van der Waals surface area contributed by atoms with Crippen LogP contribution in [0, 0.1) is 0 Å². The molecule has 0 heterocycles. The molecule has 190 valence electrons. The summed E-state index contributed by atoms with van der Waals surface area (Å²) in [6, 6.07) is 16.8. The number of ether oxygens (including phenoxy) is 2. The SMILES string of the molecule is CCOC(=O)c1ccc(NC(=O)CN(c2ccc(OCC)cc2)S(=O)(=O)c2ccc(Br)cc2)cc1Cl. The quantitative estimate of drug-likeness (QED) is 0.310. The first kappa shape index (κ1) is 27.5. The maximum Gasteiger partial charge on any atom is 0.339 e. The average molecular weight is 596 g/mol. The summed E-state index contributed by atoms with van der Waals surface area (Å²) in [5.41, 5.74) is 0.739. The molecule has 0 atom stereocenters. The van der Waals surface area contributed by atoms with Crippen LogP contribution in [0.25, 0.3) is 0 Å². The van der Waals surface area contributed by atoms with Gasteiger partial charge in [-0.25, -0.2) is 13.2 Å². The van der Waals surface area contributed by atoms with Crippen molar-refractivity contribution in [1.29, 1.82) is 0 Å². The molecule has 36 heavy (non-hydrogen) atoms. The first-order chi connectivity index (χ1) is 17.1. The molecule has 8 nitrogen and oxygen atoms in total. The van der Waals surface area contributed by atoms with Crippen LogP contribution < -0.4 is 14.4 Å². The summed E-state index contributed by atoms with van der Waals surface area (Å²) in [4.78, 5) is 24.9. The number of hydrogen-bond acceptors (Lipinski definition) is 6.